The number of benzene rings is 2. The van der Waals surface area contributed by atoms with Crippen LogP contribution in [0.15, 0.2) is 54.6 Å². The SMILES string of the molecule is O=C(Nc1ccccc1)c1nnc(C(=O)N2CCC[C@H](C(=O)NCc3ccc(Cl)cc3)C2)s1. The molecule has 1 aromatic heterocycles. The van der Waals surface area contributed by atoms with Crippen molar-refractivity contribution in [1.82, 2.24) is 20.4 Å². The van der Waals surface area contributed by atoms with Crippen LogP contribution in [0.5, 0.6) is 0 Å². The molecule has 2 heterocycles. The van der Waals surface area contributed by atoms with Crippen LogP contribution in [0.3, 0.4) is 0 Å². The third kappa shape index (κ3) is 5.94. The molecule has 1 atom stereocenters. The van der Waals surface area contributed by atoms with Crippen LogP contribution < -0.4 is 10.6 Å². The molecule has 1 aliphatic rings. The lowest BCUT2D eigenvalue weighted by Gasteiger charge is -2.31. The lowest BCUT2D eigenvalue weighted by Crippen LogP contribution is -2.45. The van der Waals surface area contributed by atoms with Gasteiger partial charge in [0, 0.05) is 30.3 Å². The fourth-order valence-electron chi connectivity index (χ4n) is 3.55. The van der Waals surface area contributed by atoms with Crippen molar-refractivity contribution in [2.24, 2.45) is 5.92 Å². The summed E-state index contributed by atoms with van der Waals surface area (Å²) in [7, 11) is 0. The minimum absolute atomic E-state index is 0.0948. The molecule has 2 aromatic carbocycles. The molecule has 0 spiro atoms. The standard InChI is InChI=1S/C23H22ClN5O3S/c24-17-10-8-15(9-11-17)13-25-19(30)16-5-4-12-29(14-16)23(32)22-28-27-21(33-22)20(31)26-18-6-2-1-3-7-18/h1-3,6-11,16H,4-5,12-14H2,(H,25,30)(H,26,31)/t16-/m0/s1. The molecule has 2 N–H and O–H groups in total. The van der Waals surface area contributed by atoms with Gasteiger partial charge in [-0.2, -0.15) is 0 Å². The van der Waals surface area contributed by atoms with E-state index in [9.17, 15) is 14.4 Å². The highest BCUT2D eigenvalue weighted by Crippen LogP contribution is 2.21. The Bertz CT molecular complexity index is 1140. The predicted molar refractivity (Wildman–Crippen MR) is 126 cm³/mol. The van der Waals surface area contributed by atoms with Crippen LogP contribution in [-0.2, 0) is 11.3 Å². The van der Waals surface area contributed by atoms with Crippen molar-refractivity contribution < 1.29 is 14.4 Å². The Morgan fingerprint density at radius 2 is 1.76 bits per heavy atom. The molecule has 4 rings (SSSR count). The number of nitrogens with one attached hydrogen (secondary N) is 2. The van der Waals surface area contributed by atoms with Gasteiger partial charge in [-0.05, 0) is 42.7 Å². The zero-order chi connectivity index (χ0) is 23.2. The summed E-state index contributed by atoms with van der Waals surface area (Å²) in [6, 6.07) is 16.3. The molecule has 33 heavy (non-hydrogen) atoms. The van der Waals surface area contributed by atoms with Gasteiger partial charge in [0.05, 0.1) is 5.92 Å². The maximum absolute atomic E-state index is 12.9. The Morgan fingerprint density at radius 3 is 2.52 bits per heavy atom. The van der Waals surface area contributed by atoms with E-state index in [1.165, 1.54) is 0 Å². The van der Waals surface area contributed by atoms with E-state index in [4.69, 9.17) is 11.6 Å². The van der Waals surface area contributed by atoms with Crippen LogP contribution >= 0.6 is 22.9 Å². The van der Waals surface area contributed by atoms with E-state index in [1.807, 2.05) is 30.3 Å². The second kappa shape index (κ2) is 10.5. The minimum Gasteiger partial charge on any atom is -0.352 e. The molecule has 170 valence electrons. The monoisotopic (exact) mass is 483 g/mol. The maximum Gasteiger partial charge on any atom is 0.286 e. The molecule has 1 aliphatic heterocycles. The summed E-state index contributed by atoms with van der Waals surface area (Å²) in [5.41, 5.74) is 1.58. The highest BCUT2D eigenvalue weighted by molar-refractivity contribution is 7.15. The fourth-order valence-corrected chi connectivity index (χ4v) is 4.39. The van der Waals surface area contributed by atoms with Crippen molar-refractivity contribution >= 4 is 46.3 Å². The Hall–Kier alpha value is -3.30. The van der Waals surface area contributed by atoms with Crippen molar-refractivity contribution in [3.8, 4) is 0 Å². The number of likely N-dealkylation sites (tertiary alicyclic amines) is 1. The third-order valence-corrected chi connectivity index (χ3v) is 6.46. The zero-order valence-electron chi connectivity index (χ0n) is 17.7. The highest BCUT2D eigenvalue weighted by atomic mass is 35.5. The number of carbonyl (C=O) groups excluding carboxylic acids is 3. The van der Waals surface area contributed by atoms with Gasteiger partial charge >= 0.3 is 0 Å². The average molecular weight is 484 g/mol. The van der Waals surface area contributed by atoms with E-state index < -0.39 is 5.91 Å². The summed E-state index contributed by atoms with van der Waals surface area (Å²) in [4.78, 5) is 39.6. The van der Waals surface area contributed by atoms with E-state index in [-0.39, 0.29) is 27.7 Å². The first kappa shape index (κ1) is 22.9. The van der Waals surface area contributed by atoms with Crippen molar-refractivity contribution in [1.29, 1.82) is 0 Å². The van der Waals surface area contributed by atoms with E-state index in [0.717, 1.165) is 16.9 Å². The van der Waals surface area contributed by atoms with Gasteiger partial charge in [0.1, 0.15) is 0 Å². The van der Waals surface area contributed by atoms with Crippen molar-refractivity contribution in [3.63, 3.8) is 0 Å². The van der Waals surface area contributed by atoms with Crippen molar-refractivity contribution in [2.75, 3.05) is 18.4 Å². The molecule has 1 fully saturated rings. The van der Waals surface area contributed by atoms with Gasteiger partial charge in [-0.15, -0.1) is 10.2 Å². The summed E-state index contributed by atoms with van der Waals surface area (Å²) in [6.45, 7) is 1.23. The van der Waals surface area contributed by atoms with Gasteiger partial charge in [0.2, 0.25) is 15.9 Å². The maximum atomic E-state index is 12.9. The number of hydrogen-bond donors (Lipinski definition) is 2. The Morgan fingerprint density at radius 1 is 1.03 bits per heavy atom. The number of para-hydroxylation sites is 1. The van der Waals surface area contributed by atoms with Gasteiger partial charge in [-0.1, -0.05) is 53.3 Å². The van der Waals surface area contributed by atoms with Crippen molar-refractivity contribution in [3.05, 3.63) is 75.2 Å². The van der Waals surface area contributed by atoms with Gasteiger partial charge in [0.25, 0.3) is 11.8 Å². The van der Waals surface area contributed by atoms with Crippen molar-refractivity contribution in [2.45, 2.75) is 19.4 Å². The molecule has 3 aromatic rings. The number of rotatable bonds is 6. The number of carbonyl (C=O) groups is 3. The summed E-state index contributed by atoms with van der Waals surface area (Å²) in [6.07, 6.45) is 1.42. The van der Waals surface area contributed by atoms with Gasteiger partial charge in [-0.3, -0.25) is 14.4 Å². The topological polar surface area (TPSA) is 104 Å². The lowest BCUT2D eigenvalue weighted by molar-refractivity contribution is -0.126. The smallest absolute Gasteiger partial charge is 0.286 e. The molecule has 3 amide bonds. The summed E-state index contributed by atoms with van der Waals surface area (Å²) < 4.78 is 0. The lowest BCUT2D eigenvalue weighted by atomic mass is 9.97. The van der Waals surface area contributed by atoms with Crippen LogP contribution in [0.2, 0.25) is 5.02 Å². The van der Waals surface area contributed by atoms with E-state index in [1.54, 1.807) is 29.2 Å². The van der Waals surface area contributed by atoms with E-state index in [2.05, 4.69) is 20.8 Å². The van der Waals surface area contributed by atoms with E-state index in [0.29, 0.717) is 43.2 Å². The molecule has 8 nitrogen and oxygen atoms in total. The Labute approximate surface area is 200 Å². The summed E-state index contributed by atoms with van der Waals surface area (Å²) >= 11 is 6.84. The van der Waals surface area contributed by atoms with Crippen LogP contribution in [0, 0.1) is 5.92 Å². The Kier molecular flexibility index (Phi) is 7.31. The van der Waals surface area contributed by atoms with E-state index >= 15 is 0 Å². The quantitative estimate of drug-likeness (QED) is 0.557. The summed E-state index contributed by atoms with van der Waals surface area (Å²) in [5.74, 6) is -1.14. The third-order valence-electron chi connectivity index (χ3n) is 5.29. The molecular weight excluding hydrogens is 462 g/mol. The van der Waals surface area contributed by atoms with Crippen LogP contribution in [0.1, 0.15) is 38.0 Å². The number of halogens is 1. The minimum atomic E-state index is -0.421. The van der Waals surface area contributed by atoms with Crippen LogP contribution in [0.4, 0.5) is 5.69 Å². The molecule has 0 unspecified atom stereocenters. The number of anilines is 1. The largest absolute Gasteiger partial charge is 0.352 e. The van der Waals surface area contributed by atoms with Gasteiger partial charge in [-0.25, -0.2) is 0 Å². The fraction of sp³-hybridized carbons (Fsp3) is 0.261. The molecule has 0 saturated carbocycles. The number of amides is 3. The first-order valence-corrected chi connectivity index (χ1v) is 11.7. The first-order valence-electron chi connectivity index (χ1n) is 10.5. The number of aromatic nitrogens is 2. The summed E-state index contributed by atoms with van der Waals surface area (Å²) in [5, 5.41) is 14.3. The molecule has 10 heteroatoms. The second-order valence-electron chi connectivity index (χ2n) is 7.67. The molecule has 0 bridgehead atoms. The predicted octanol–water partition coefficient (Wildman–Crippen LogP) is 3.61. The molecular formula is C23H22ClN5O3S. The Balaban J connectivity index is 1.33. The molecule has 0 aliphatic carbocycles. The highest BCUT2D eigenvalue weighted by Gasteiger charge is 2.30. The van der Waals surface area contributed by atoms with Crippen LogP contribution in [-0.4, -0.2) is 45.9 Å². The second-order valence-corrected chi connectivity index (χ2v) is 9.08. The first-order chi connectivity index (χ1) is 16.0. The zero-order valence-corrected chi connectivity index (χ0v) is 19.2. The average Bonchev–Trinajstić information content (AvgIpc) is 3.34. The molecule has 1 saturated heterocycles. The number of hydrogen-bond acceptors (Lipinski definition) is 6. The normalized spacial score (nSPS) is 15.7. The number of nitrogens with zero attached hydrogens (tertiary/aromatic N) is 3. The molecule has 0 radical (unpaired) electrons. The van der Waals surface area contributed by atoms with Crippen LogP contribution in [0.25, 0.3) is 0 Å². The van der Waals surface area contributed by atoms with Gasteiger partial charge < -0.3 is 15.5 Å². The van der Waals surface area contributed by atoms with Gasteiger partial charge in [0.15, 0.2) is 0 Å². The number of piperidine rings is 1.